The number of carbonyl (C=O) groups excluding carboxylic acids is 1. The van der Waals surface area contributed by atoms with Crippen molar-refractivity contribution in [3.05, 3.63) is 20.4 Å². The predicted octanol–water partition coefficient (Wildman–Crippen LogP) is -4.50. The molecule has 0 spiro atoms. The molecule has 0 aromatic heterocycles. The van der Waals surface area contributed by atoms with Gasteiger partial charge in [0.05, 0.1) is 18.3 Å². The molecule has 19 heteroatoms. The Hall–Kier alpha value is -2.37. The number of hydrogen-bond acceptors (Lipinski definition) is 18. The highest BCUT2D eigenvalue weighted by Gasteiger charge is 2.52. The van der Waals surface area contributed by atoms with Crippen LogP contribution < -0.4 is 27.2 Å². The number of rotatable bonds is 15. The molecule has 49 heavy (non-hydrogen) atoms. The number of nitrogens with one attached hydrogen (secondary N) is 2. The fourth-order valence-corrected chi connectivity index (χ4v) is 5.81. The van der Waals surface area contributed by atoms with Crippen LogP contribution in [0.2, 0.25) is 0 Å². The van der Waals surface area contributed by atoms with E-state index in [1.807, 2.05) is 0 Å². The zero-order chi connectivity index (χ0) is 36.2. The van der Waals surface area contributed by atoms with E-state index in [2.05, 4.69) is 10.6 Å². The second-order valence-electron chi connectivity index (χ2n) is 12.7. The molecule has 3 fully saturated rings. The Morgan fingerprint density at radius 1 is 0.673 bits per heavy atom. The van der Waals surface area contributed by atoms with Crippen LogP contribution in [0.1, 0.15) is 46.5 Å². The quantitative estimate of drug-likeness (QED) is 0.0607. The fourth-order valence-electron chi connectivity index (χ4n) is 5.81. The van der Waals surface area contributed by atoms with Crippen LogP contribution in [0.4, 0.5) is 11.4 Å². The fraction of sp³-hybridized carbons (Fsp3) is 0.833. The lowest BCUT2D eigenvalue weighted by atomic mass is 9.97. The topological polar surface area (TPSA) is 298 Å². The maximum absolute atomic E-state index is 12.1. The zero-order valence-corrected chi connectivity index (χ0v) is 27.5. The van der Waals surface area contributed by atoms with Gasteiger partial charge in [-0.2, -0.15) is 0 Å². The van der Waals surface area contributed by atoms with Crippen molar-refractivity contribution in [2.45, 2.75) is 139 Å². The molecule has 1 amide bonds. The van der Waals surface area contributed by atoms with Crippen LogP contribution in [0, 0.1) is 0 Å². The van der Waals surface area contributed by atoms with Crippen molar-refractivity contribution in [2.75, 3.05) is 30.7 Å². The second kappa shape index (κ2) is 17.2. The zero-order valence-electron chi connectivity index (χ0n) is 27.5. The van der Waals surface area contributed by atoms with Crippen molar-refractivity contribution < 1.29 is 69.0 Å². The average molecular weight is 708 g/mol. The normalized spacial score (nSPS) is 39.9. The van der Waals surface area contributed by atoms with Crippen molar-refractivity contribution in [1.29, 1.82) is 0 Å². The molecule has 3 heterocycles. The summed E-state index contributed by atoms with van der Waals surface area (Å²) in [4.78, 5) is 34.6. The van der Waals surface area contributed by atoms with Gasteiger partial charge in [-0.25, -0.2) is 0 Å². The molecular weight excluding hydrogens is 658 g/mol. The summed E-state index contributed by atoms with van der Waals surface area (Å²) >= 11 is 0. The number of aliphatic hydroxyl groups is 7. The third kappa shape index (κ3) is 9.11. The van der Waals surface area contributed by atoms with Gasteiger partial charge < -0.3 is 80.5 Å². The first-order chi connectivity index (χ1) is 23.1. The molecule has 0 saturated carbocycles. The van der Waals surface area contributed by atoms with Crippen molar-refractivity contribution in [1.82, 2.24) is 5.32 Å². The largest absolute Gasteiger partial charge is 0.394 e. The molecule has 3 saturated heterocycles. The molecule has 11 N–H and O–H groups in total. The number of aliphatic hydroxyl groups excluding tert-OH is 7. The molecule has 0 aliphatic carbocycles. The van der Waals surface area contributed by atoms with Crippen LogP contribution in [0.5, 0.6) is 0 Å². The Labute approximate surface area is 281 Å². The van der Waals surface area contributed by atoms with Crippen molar-refractivity contribution in [3.8, 4) is 0 Å². The number of nitrogen functional groups attached to an aromatic ring is 1. The Kier molecular flexibility index (Phi) is 13.9. The number of nitrogens with two attached hydrogens (primary N) is 1. The first-order valence-corrected chi connectivity index (χ1v) is 16.4. The van der Waals surface area contributed by atoms with Crippen molar-refractivity contribution >= 4 is 17.3 Å². The highest BCUT2D eigenvalue weighted by molar-refractivity contribution is 5.76. The second-order valence-corrected chi connectivity index (χ2v) is 12.7. The summed E-state index contributed by atoms with van der Waals surface area (Å²) in [6, 6.07) is 0. The van der Waals surface area contributed by atoms with Crippen LogP contribution >= 0.6 is 0 Å². The molecule has 0 radical (unpaired) electrons. The predicted molar refractivity (Wildman–Crippen MR) is 166 cm³/mol. The number of amides is 1. The minimum atomic E-state index is -1.73. The SMILES string of the molecule is CC1O[C@@H](OC2[C@@H](O)C(C)O[C@@H](O[C@H]3C(O)[C@@H](O)C(C)O[C@H]3OCCCCCC(=O)NCCNc3c(N)c(=O)c3=O)[C@H]2O)[C@@H](O)C(O)[C@H]1O. The summed E-state index contributed by atoms with van der Waals surface area (Å²) in [6.07, 6.45) is -19.0. The third-order valence-corrected chi connectivity index (χ3v) is 8.98. The first kappa shape index (κ1) is 39.4. The van der Waals surface area contributed by atoms with Gasteiger partial charge in [-0.05, 0) is 33.6 Å². The van der Waals surface area contributed by atoms with E-state index in [9.17, 15) is 50.1 Å². The Balaban J connectivity index is 1.24. The maximum atomic E-state index is 12.1. The van der Waals surface area contributed by atoms with Crippen LogP contribution in [0.15, 0.2) is 9.59 Å². The van der Waals surface area contributed by atoms with E-state index in [1.165, 1.54) is 20.8 Å². The maximum Gasteiger partial charge on any atom is 0.253 e. The molecule has 280 valence electrons. The van der Waals surface area contributed by atoms with Gasteiger partial charge in [-0.15, -0.1) is 0 Å². The lowest BCUT2D eigenvalue weighted by Crippen LogP contribution is -2.65. The summed E-state index contributed by atoms with van der Waals surface area (Å²) in [5.41, 5.74) is 3.98. The Bertz CT molecular complexity index is 1300. The Morgan fingerprint density at radius 2 is 1.24 bits per heavy atom. The summed E-state index contributed by atoms with van der Waals surface area (Å²) < 4.78 is 34.2. The Morgan fingerprint density at radius 3 is 1.90 bits per heavy atom. The number of carbonyl (C=O) groups is 1. The minimum absolute atomic E-state index is 0.0585. The average Bonchev–Trinajstić information content (AvgIpc) is 3.07. The van der Waals surface area contributed by atoms with Crippen LogP contribution in [-0.2, 0) is 33.2 Å². The van der Waals surface area contributed by atoms with Crippen LogP contribution in [-0.4, -0.2) is 153 Å². The van der Waals surface area contributed by atoms with Gasteiger partial charge in [-0.1, -0.05) is 6.42 Å². The highest BCUT2D eigenvalue weighted by atomic mass is 16.8. The van der Waals surface area contributed by atoms with Gasteiger partial charge >= 0.3 is 0 Å². The molecule has 4 rings (SSSR count). The van der Waals surface area contributed by atoms with Gasteiger partial charge in [0.25, 0.3) is 10.9 Å². The van der Waals surface area contributed by atoms with Gasteiger partial charge in [0, 0.05) is 26.1 Å². The van der Waals surface area contributed by atoms with Crippen LogP contribution in [0.3, 0.4) is 0 Å². The number of hydrogen-bond donors (Lipinski definition) is 10. The summed E-state index contributed by atoms with van der Waals surface area (Å²) in [7, 11) is 0. The summed E-state index contributed by atoms with van der Waals surface area (Å²) in [5, 5.41) is 79.1. The summed E-state index contributed by atoms with van der Waals surface area (Å²) in [5.74, 6) is -0.212. The molecule has 3 aliphatic rings. The first-order valence-electron chi connectivity index (χ1n) is 16.4. The van der Waals surface area contributed by atoms with Gasteiger partial charge in [-0.3, -0.25) is 14.4 Å². The van der Waals surface area contributed by atoms with E-state index >= 15 is 0 Å². The molecule has 19 nitrogen and oxygen atoms in total. The molecular formula is C30H49N3O16. The van der Waals surface area contributed by atoms with E-state index in [1.54, 1.807) is 0 Å². The van der Waals surface area contributed by atoms with E-state index in [-0.39, 0.29) is 43.4 Å². The lowest BCUT2D eigenvalue weighted by Gasteiger charge is -2.47. The molecule has 15 atom stereocenters. The van der Waals surface area contributed by atoms with E-state index < -0.39 is 103 Å². The number of anilines is 2. The monoisotopic (exact) mass is 707 g/mol. The molecule has 6 unspecified atom stereocenters. The number of unbranched alkanes of at least 4 members (excludes halogenated alkanes) is 2. The van der Waals surface area contributed by atoms with E-state index in [4.69, 9.17) is 34.2 Å². The van der Waals surface area contributed by atoms with E-state index in [0.29, 0.717) is 19.3 Å². The lowest BCUT2D eigenvalue weighted by molar-refractivity contribution is -0.380. The minimum Gasteiger partial charge on any atom is -0.394 e. The van der Waals surface area contributed by atoms with Gasteiger partial charge in [0.15, 0.2) is 18.9 Å². The van der Waals surface area contributed by atoms with Crippen molar-refractivity contribution in [2.24, 2.45) is 0 Å². The van der Waals surface area contributed by atoms with Crippen molar-refractivity contribution in [3.63, 3.8) is 0 Å². The smallest absolute Gasteiger partial charge is 0.253 e. The molecule has 3 aliphatic heterocycles. The molecule has 1 aromatic carbocycles. The van der Waals surface area contributed by atoms with Gasteiger partial charge in [0.2, 0.25) is 5.91 Å². The third-order valence-electron chi connectivity index (χ3n) is 8.98. The van der Waals surface area contributed by atoms with Crippen LogP contribution in [0.25, 0.3) is 0 Å². The summed E-state index contributed by atoms with van der Waals surface area (Å²) in [6.45, 7) is 5.00. The molecule has 1 aromatic rings. The highest BCUT2D eigenvalue weighted by Crippen LogP contribution is 2.32. The standard InChI is InChI=1S/C30H49N3O16/c1-11-17(35)22(40)24(42)28(45-11)48-26-19(37)13(3)46-29(25(26)43)49-27-23(41)18(36)12(2)47-30(27)44-10-6-4-5-7-14(34)32-8-9-33-16-15(31)20(38)21(16)39/h11-13,17-19,22-30,33,35-37,40-43H,4-10,31H2,1-3H3,(H,32,34)/t11?,12?,13?,17-,18-,19-,22?,23?,24-,25-,26?,27-,28-,29-,30+/m0/s1. The molecule has 0 bridgehead atoms. The number of ether oxygens (including phenoxy) is 6. The van der Waals surface area contributed by atoms with E-state index in [0.717, 1.165) is 0 Å². The van der Waals surface area contributed by atoms with Gasteiger partial charge in [0.1, 0.15) is 66.3 Å².